The van der Waals surface area contributed by atoms with Crippen molar-refractivity contribution in [2.45, 2.75) is 45.7 Å². The number of alkyl halides is 3. The molecule has 1 aliphatic carbocycles. The summed E-state index contributed by atoms with van der Waals surface area (Å²) in [5.74, 6) is 0.576. The predicted molar refractivity (Wildman–Crippen MR) is 67.3 cm³/mol. The molecule has 1 fully saturated rings. The van der Waals surface area contributed by atoms with E-state index < -0.39 is 12.7 Å². The Morgan fingerprint density at radius 1 is 1.39 bits per heavy atom. The number of rotatable bonds is 5. The molecule has 18 heavy (non-hydrogen) atoms. The van der Waals surface area contributed by atoms with E-state index in [-0.39, 0.29) is 5.41 Å². The lowest BCUT2D eigenvalue weighted by Gasteiger charge is -2.42. The Morgan fingerprint density at radius 2 is 2.06 bits per heavy atom. The maximum absolute atomic E-state index is 12.5. The van der Waals surface area contributed by atoms with Crippen LogP contribution in [0, 0.1) is 11.3 Å². The SMILES string of the molecule is CCN(CC(F)(F)F)CC1(CN)CCCC(C)C1. The highest BCUT2D eigenvalue weighted by Gasteiger charge is 2.38. The first kappa shape index (κ1) is 15.8. The number of nitrogens with two attached hydrogens (primary N) is 1. The Balaban J connectivity index is 2.64. The molecule has 2 N–H and O–H groups in total. The highest BCUT2D eigenvalue weighted by molar-refractivity contribution is 4.89. The van der Waals surface area contributed by atoms with Crippen molar-refractivity contribution in [1.82, 2.24) is 4.90 Å². The third kappa shape index (κ3) is 4.76. The van der Waals surface area contributed by atoms with Crippen LogP contribution in [0.1, 0.15) is 39.5 Å². The van der Waals surface area contributed by atoms with Gasteiger partial charge in [0.15, 0.2) is 0 Å². The normalized spacial score (nSPS) is 29.8. The van der Waals surface area contributed by atoms with Crippen LogP contribution in [0.4, 0.5) is 13.2 Å². The zero-order chi connectivity index (χ0) is 13.8. The van der Waals surface area contributed by atoms with Gasteiger partial charge in [0.05, 0.1) is 6.54 Å². The molecule has 0 aromatic heterocycles. The average molecular weight is 266 g/mol. The molecule has 1 rings (SSSR count). The van der Waals surface area contributed by atoms with Crippen molar-refractivity contribution in [2.24, 2.45) is 17.1 Å². The summed E-state index contributed by atoms with van der Waals surface area (Å²) < 4.78 is 37.4. The monoisotopic (exact) mass is 266 g/mol. The molecule has 0 aromatic rings. The third-order valence-electron chi connectivity index (χ3n) is 4.03. The van der Waals surface area contributed by atoms with E-state index in [1.807, 2.05) is 0 Å². The molecule has 0 radical (unpaired) electrons. The highest BCUT2D eigenvalue weighted by atomic mass is 19.4. The fraction of sp³-hybridized carbons (Fsp3) is 1.00. The molecule has 0 saturated heterocycles. The van der Waals surface area contributed by atoms with Gasteiger partial charge in [-0.25, -0.2) is 0 Å². The molecule has 0 spiro atoms. The van der Waals surface area contributed by atoms with Gasteiger partial charge in [-0.2, -0.15) is 13.2 Å². The molecule has 2 atom stereocenters. The Bertz CT molecular complexity index is 255. The number of hydrogen-bond donors (Lipinski definition) is 1. The van der Waals surface area contributed by atoms with Crippen LogP contribution in [0.15, 0.2) is 0 Å². The lowest BCUT2D eigenvalue weighted by molar-refractivity contribution is -0.149. The Hall–Kier alpha value is -0.290. The maximum atomic E-state index is 12.5. The van der Waals surface area contributed by atoms with E-state index in [0.29, 0.717) is 25.6 Å². The van der Waals surface area contributed by atoms with Crippen molar-refractivity contribution < 1.29 is 13.2 Å². The van der Waals surface area contributed by atoms with Gasteiger partial charge in [0.2, 0.25) is 0 Å². The summed E-state index contributed by atoms with van der Waals surface area (Å²) in [6.45, 7) is 4.52. The second-order valence-corrected chi connectivity index (χ2v) is 5.82. The first-order valence-electron chi connectivity index (χ1n) is 6.79. The molecule has 0 aliphatic heterocycles. The molecule has 2 nitrogen and oxygen atoms in total. The van der Waals surface area contributed by atoms with Crippen LogP contribution < -0.4 is 5.73 Å². The summed E-state index contributed by atoms with van der Waals surface area (Å²) in [4.78, 5) is 1.49. The molecule has 108 valence electrons. The topological polar surface area (TPSA) is 29.3 Å². The first-order valence-corrected chi connectivity index (χ1v) is 6.79. The minimum Gasteiger partial charge on any atom is -0.330 e. The molecular formula is C13H25F3N2. The highest BCUT2D eigenvalue weighted by Crippen LogP contribution is 2.39. The van der Waals surface area contributed by atoms with Gasteiger partial charge in [0.1, 0.15) is 0 Å². The predicted octanol–water partition coefficient (Wildman–Crippen LogP) is 3.03. The van der Waals surface area contributed by atoms with Crippen molar-refractivity contribution in [1.29, 1.82) is 0 Å². The average Bonchev–Trinajstić information content (AvgIpc) is 2.26. The van der Waals surface area contributed by atoms with Crippen molar-refractivity contribution in [2.75, 3.05) is 26.2 Å². The van der Waals surface area contributed by atoms with E-state index in [2.05, 4.69) is 6.92 Å². The number of hydrogen-bond acceptors (Lipinski definition) is 2. The van der Waals surface area contributed by atoms with Gasteiger partial charge in [-0.3, -0.25) is 4.90 Å². The van der Waals surface area contributed by atoms with Crippen LogP contribution in [0.2, 0.25) is 0 Å². The van der Waals surface area contributed by atoms with Crippen molar-refractivity contribution in [3.8, 4) is 0 Å². The molecule has 0 heterocycles. The molecule has 0 aromatic carbocycles. The van der Waals surface area contributed by atoms with Crippen molar-refractivity contribution in [3.63, 3.8) is 0 Å². The summed E-state index contributed by atoms with van der Waals surface area (Å²) in [6.07, 6.45) is 0.0568. The van der Waals surface area contributed by atoms with Crippen LogP contribution in [0.25, 0.3) is 0 Å². The van der Waals surface area contributed by atoms with E-state index >= 15 is 0 Å². The fourth-order valence-electron chi connectivity index (χ4n) is 3.17. The quantitative estimate of drug-likeness (QED) is 0.828. The Labute approximate surface area is 108 Å². The molecule has 0 bridgehead atoms. The van der Waals surface area contributed by atoms with Gasteiger partial charge in [-0.05, 0) is 37.3 Å². The van der Waals surface area contributed by atoms with Crippen LogP contribution in [0.5, 0.6) is 0 Å². The maximum Gasteiger partial charge on any atom is 0.401 e. The minimum absolute atomic E-state index is 0.112. The molecular weight excluding hydrogens is 241 g/mol. The van der Waals surface area contributed by atoms with E-state index in [9.17, 15) is 13.2 Å². The summed E-state index contributed by atoms with van der Waals surface area (Å²) in [5.41, 5.74) is 5.75. The smallest absolute Gasteiger partial charge is 0.330 e. The number of nitrogens with zero attached hydrogens (tertiary/aromatic N) is 1. The molecule has 2 unspecified atom stereocenters. The summed E-state index contributed by atoms with van der Waals surface area (Å²) in [5, 5.41) is 0. The van der Waals surface area contributed by atoms with E-state index in [1.165, 1.54) is 11.3 Å². The van der Waals surface area contributed by atoms with Crippen LogP contribution in [-0.2, 0) is 0 Å². The van der Waals surface area contributed by atoms with Gasteiger partial charge < -0.3 is 5.73 Å². The van der Waals surface area contributed by atoms with Gasteiger partial charge in [0.25, 0.3) is 0 Å². The first-order chi connectivity index (χ1) is 8.30. The van der Waals surface area contributed by atoms with Gasteiger partial charge in [-0.1, -0.05) is 26.7 Å². The third-order valence-corrected chi connectivity index (χ3v) is 4.03. The summed E-state index contributed by atoms with van der Waals surface area (Å²) in [7, 11) is 0. The van der Waals surface area contributed by atoms with E-state index in [1.54, 1.807) is 6.92 Å². The standard InChI is InChI=1S/C13H25F3N2/c1-3-18(10-13(14,15)16)9-12(8-17)6-4-5-11(2)7-12/h11H,3-10,17H2,1-2H3. The fourth-order valence-corrected chi connectivity index (χ4v) is 3.17. The molecule has 5 heteroatoms. The van der Waals surface area contributed by atoms with Gasteiger partial charge in [0, 0.05) is 6.54 Å². The number of halogens is 3. The molecule has 1 saturated carbocycles. The summed E-state index contributed by atoms with van der Waals surface area (Å²) >= 11 is 0. The second kappa shape index (κ2) is 6.24. The van der Waals surface area contributed by atoms with Crippen LogP contribution >= 0.6 is 0 Å². The van der Waals surface area contributed by atoms with Crippen molar-refractivity contribution in [3.05, 3.63) is 0 Å². The van der Waals surface area contributed by atoms with E-state index in [4.69, 9.17) is 5.73 Å². The largest absolute Gasteiger partial charge is 0.401 e. The van der Waals surface area contributed by atoms with Gasteiger partial charge in [-0.15, -0.1) is 0 Å². The Morgan fingerprint density at radius 3 is 2.50 bits per heavy atom. The Kier molecular flexibility index (Phi) is 5.46. The summed E-state index contributed by atoms with van der Waals surface area (Å²) in [6, 6.07) is 0. The van der Waals surface area contributed by atoms with Crippen LogP contribution in [-0.4, -0.2) is 37.3 Å². The molecule has 1 aliphatic rings. The second-order valence-electron chi connectivity index (χ2n) is 5.82. The zero-order valence-corrected chi connectivity index (χ0v) is 11.4. The van der Waals surface area contributed by atoms with Gasteiger partial charge >= 0.3 is 6.18 Å². The lowest BCUT2D eigenvalue weighted by Crippen LogP contribution is -2.47. The van der Waals surface area contributed by atoms with Crippen molar-refractivity contribution >= 4 is 0 Å². The lowest BCUT2D eigenvalue weighted by atomic mass is 9.69. The zero-order valence-electron chi connectivity index (χ0n) is 11.4. The molecule has 0 amide bonds. The minimum atomic E-state index is -4.12. The van der Waals surface area contributed by atoms with Crippen LogP contribution in [0.3, 0.4) is 0 Å². The van der Waals surface area contributed by atoms with E-state index in [0.717, 1.165) is 19.3 Å².